The quantitative estimate of drug-likeness (QED) is 0.515. The number of piperidine rings is 2. The van der Waals surface area contributed by atoms with Crippen molar-refractivity contribution in [3.63, 3.8) is 0 Å². The van der Waals surface area contributed by atoms with Crippen molar-refractivity contribution in [2.45, 2.75) is 44.1 Å². The van der Waals surface area contributed by atoms with E-state index in [1.165, 1.54) is 24.1 Å². The molecule has 0 spiro atoms. The van der Waals surface area contributed by atoms with E-state index in [4.69, 9.17) is 0 Å². The van der Waals surface area contributed by atoms with Gasteiger partial charge in [0, 0.05) is 30.6 Å². The van der Waals surface area contributed by atoms with Crippen molar-refractivity contribution in [3.05, 3.63) is 101 Å². The van der Waals surface area contributed by atoms with Crippen LogP contribution in [0.1, 0.15) is 59.2 Å². The lowest BCUT2D eigenvalue weighted by molar-refractivity contribution is 0.0724. The molecule has 1 N–H and O–H groups in total. The van der Waals surface area contributed by atoms with Gasteiger partial charge in [-0.15, -0.1) is 0 Å². The Morgan fingerprint density at radius 1 is 0.829 bits per heavy atom. The molecule has 0 bridgehead atoms. The molecule has 2 fully saturated rings. The molecule has 0 atom stereocenters. The van der Waals surface area contributed by atoms with Crippen molar-refractivity contribution in [3.8, 4) is 5.75 Å². The zero-order chi connectivity index (χ0) is 24.3. The molecule has 3 aromatic rings. The first kappa shape index (κ1) is 23.6. The standard InChI is InChI=1S/C30H33FN2O2/c31-27-13-7-23(8-14-27)22-32-19-15-30(16-20-32,26-5-4-6-28(34)21-26)25-11-9-24(10-12-25)29(35)33-17-2-1-3-18-33/h4-14,21,34H,1-3,15-20,22H2. The molecule has 0 aliphatic carbocycles. The molecular weight excluding hydrogens is 439 g/mol. The Labute approximate surface area is 207 Å². The van der Waals surface area contributed by atoms with Crippen LogP contribution in [0, 0.1) is 5.82 Å². The number of hydrogen-bond donors (Lipinski definition) is 1. The first-order valence-corrected chi connectivity index (χ1v) is 12.7. The van der Waals surface area contributed by atoms with Crippen molar-refractivity contribution in [1.82, 2.24) is 9.80 Å². The molecule has 1 amide bonds. The van der Waals surface area contributed by atoms with E-state index in [1.54, 1.807) is 6.07 Å². The Hall–Kier alpha value is -3.18. The van der Waals surface area contributed by atoms with Crippen molar-refractivity contribution in [2.24, 2.45) is 0 Å². The fourth-order valence-electron chi connectivity index (χ4n) is 5.70. The van der Waals surface area contributed by atoms with Gasteiger partial charge in [-0.25, -0.2) is 4.39 Å². The monoisotopic (exact) mass is 472 g/mol. The summed E-state index contributed by atoms with van der Waals surface area (Å²) in [4.78, 5) is 17.4. The van der Waals surface area contributed by atoms with Crippen LogP contribution in [0.3, 0.4) is 0 Å². The van der Waals surface area contributed by atoms with E-state index in [9.17, 15) is 14.3 Å². The van der Waals surface area contributed by atoms with Crippen molar-refractivity contribution in [2.75, 3.05) is 26.2 Å². The van der Waals surface area contributed by atoms with Crippen LogP contribution >= 0.6 is 0 Å². The fraction of sp³-hybridized carbons (Fsp3) is 0.367. The van der Waals surface area contributed by atoms with Crippen LogP contribution in [-0.2, 0) is 12.0 Å². The van der Waals surface area contributed by atoms with E-state index in [2.05, 4.69) is 23.1 Å². The average Bonchev–Trinajstić information content (AvgIpc) is 2.91. The van der Waals surface area contributed by atoms with Crippen LogP contribution < -0.4 is 0 Å². The molecule has 5 rings (SSSR count). The number of benzene rings is 3. The number of carbonyl (C=O) groups excluding carboxylic acids is 1. The molecule has 4 nitrogen and oxygen atoms in total. The zero-order valence-corrected chi connectivity index (χ0v) is 20.1. The summed E-state index contributed by atoms with van der Waals surface area (Å²) in [6.07, 6.45) is 5.17. The minimum atomic E-state index is -0.231. The third kappa shape index (κ3) is 5.10. The molecule has 0 unspecified atom stereocenters. The predicted molar refractivity (Wildman–Crippen MR) is 136 cm³/mol. The van der Waals surface area contributed by atoms with Crippen LogP contribution in [0.4, 0.5) is 4.39 Å². The highest BCUT2D eigenvalue weighted by Gasteiger charge is 2.38. The number of phenolic OH excluding ortho intramolecular Hbond substituents is 1. The molecule has 3 aromatic carbocycles. The van der Waals surface area contributed by atoms with Gasteiger partial charge in [-0.05, 0) is 98.3 Å². The molecule has 2 aliphatic rings. The molecule has 182 valence electrons. The van der Waals surface area contributed by atoms with Crippen molar-refractivity contribution in [1.29, 1.82) is 0 Å². The molecule has 0 aromatic heterocycles. The van der Waals surface area contributed by atoms with E-state index in [0.29, 0.717) is 0 Å². The summed E-state index contributed by atoms with van der Waals surface area (Å²) in [5.74, 6) is 0.182. The number of rotatable bonds is 5. The smallest absolute Gasteiger partial charge is 0.253 e. The highest BCUT2D eigenvalue weighted by molar-refractivity contribution is 5.94. The molecule has 2 aliphatic heterocycles. The molecular formula is C30H33FN2O2. The Balaban J connectivity index is 1.38. The van der Waals surface area contributed by atoms with Gasteiger partial charge in [0.15, 0.2) is 0 Å². The largest absolute Gasteiger partial charge is 0.508 e. The van der Waals surface area contributed by atoms with Gasteiger partial charge < -0.3 is 10.0 Å². The van der Waals surface area contributed by atoms with Crippen LogP contribution in [0.25, 0.3) is 0 Å². The maximum absolute atomic E-state index is 13.3. The van der Waals surface area contributed by atoms with Crippen LogP contribution in [0.15, 0.2) is 72.8 Å². The lowest BCUT2D eigenvalue weighted by atomic mass is 9.68. The molecule has 35 heavy (non-hydrogen) atoms. The molecule has 0 radical (unpaired) electrons. The SMILES string of the molecule is O=C(c1ccc(C2(c3cccc(O)c3)CCN(Cc3ccc(F)cc3)CC2)cc1)N1CCCCC1. The first-order valence-electron chi connectivity index (χ1n) is 12.7. The summed E-state index contributed by atoms with van der Waals surface area (Å²) in [6.45, 7) is 4.26. The Kier molecular flexibility index (Phi) is 6.87. The molecule has 5 heteroatoms. The van der Waals surface area contributed by atoms with E-state index < -0.39 is 0 Å². The average molecular weight is 473 g/mol. The number of amides is 1. The number of nitrogens with zero attached hydrogens (tertiary/aromatic N) is 2. The summed E-state index contributed by atoms with van der Waals surface area (Å²) >= 11 is 0. The van der Waals surface area contributed by atoms with Gasteiger partial charge in [0.2, 0.25) is 0 Å². The lowest BCUT2D eigenvalue weighted by Gasteiger charge is -2.43. The van der Waals surface area contributed by atoms with Gasteiger partial charge in [-0.1, -0.05) is 36.4 Å². The van der Waals surface area contributed by atoms with Gasteiger partial charge >= 0.3 is 0 Å². The van der Waals surface area contributed by atoms with E-state index in [0.717, 1.165) is 75.1 Å². The molecule has 2 saturated heterocycles. The van der Waals surface area contributed by atoms with Crippen molar-refractivity contribution < 1.29 is 14.3 Å². The number of carbonyl (C=O) groups is 1. The summed E-state index contributed by atoms with van der Waals surface area (Å²) in [7, 11) is 0. The summed E-state index contributed by atoms with van der Waals surface area (Å²) < 4.78 is 13.3. The number of hydrogen-bond acceptors (Lipinski definition) is 3. The fourth-order valence-corrected chi connectivity index (χ4v) is 5.70. The number of aromatic hydroxyl groups is 1. The second kappa shape index (κ2) is 10.2. The number of likely N-dealkylation sites (tertiary alicyclic amines) is 2. The van der Waals surface area contributed by atoms with Gasteiger partial charge in [0.1, 0.15) is 11.6 Å². The Bertz CT molecular complexity index is 1150. The highest BCUT2D eigenvalue weighted by atomic mass is 19.1. The minimum Gasteiger partial charge on any atom is -0.508 e. The number of phenols is 1. The third-order valence-electron chi connectivity index (χ3n) is 7.76. The predicted octanol–water partition coefficient (Wildman–Crippen LogP) is 5.74. The van der Waals surface area contributed by atoms with Gasteiger partial charge in [-0.2, -0.15) is 0 Å². The maximum Gasteiger partial charge on any atom is 0.253 e. The first-order chi connectivity index (χ1) is 17.0. The second-order valence-electron chi connectivity index (χ2n) is 9.97. The van der Waals surface area contributed by atoms with Gasteiger partial charge in [-0.3, -0.25) is 9.69 Å². The zero-order valence-electron chi connectivity index (χ0n) is 20.1. The summed E-state index contributed by atoms with van der Waals surface area (Å²) in [5, 5.41) is 10.2. The highest BCUT2D eigenvalue weighted by Crippen LogP contribution is 2.43. The van der Waals surface area contributed by atoms with E-state index in [-0.39, 0.29) is 22.9 Å². The summed E-state index contributed by atoms with van der Waals surface area (Å²) in [6, 6.07) is 22.5. The topological polar surface area (TPSA) is 43.8 Å². The summed E-state index contributed by atoms with van der Waals surface area (Å²) in [5.41, 5.74) is 3.91. The van der Waals surface area contributed by atoms with Crippen molar-refractivity contribution >= 4 is 5.91 Å². The second-order valence-corrected chi connectivity index (χ2v) is 9.97. The minimum absolute atomic E-state index is 0.122. The Morgan fingerprint density at radius 2 is 1.51 bits per heavy atom. The van der Waals surface area contributed by atoms with E-state index in [1.807, 2.05) is 41.3 Å². The number of halogens is 1. The Morgan fingerprint density at radius 3 is 2.17 bits per heavy atom. The normalized spacial score (nSPS) is 18.4. The van der Waals surface area contributed by atoms with Gasteiger partial charge in [0.25, 0.3) is 5.91 Å². The van der Waals surface area contributed by atoms with Crippen LogP contribution in [0.2, 0.25) is 0 Å². The maximum atomic E-state index is 13.3. The molecule has 2 heterocycles. The van der Waals surface area contributed by atoms with E-state index >= 15 is 0 Å². The molecule has 0 saturated carbocycles. The van der Waals surface area contributed by atoms with Crippen LogP contribution in [-0.4, -0.2) is 47.0 Å². The third-order valence-corrected chi connectivity index (χ3v) is 7.76. The van der Waals surface area contributed by atoms with Gasteiger partial charge in [0.05, 0.1) is 0 Å². The lowest BCUT2D eigenvalue weighted by Crippen LogP contribution is -2.43. The van der Waals surface area contributed by atoms with Crippen LogP contribution in [0.5, 0.6) is 5.75 Å².